The lowest BCUT2D eigenvalue weighted by Crippen LogP contribution is -2.49. The van der Waals surface area contributed by atoms with Crippen molar-refractivity contribution in [2.45, 2.75) is 52.2 Å². The summed E-state index contributed by atoms with van der Waals surface area (Å²) in [6.45, 7) is 5.94. The number of nitrogens with zero attached hydrogens (tertiary/aromatic N) is 1. The van der Waals surface area contributed by atoms with Crippen molar-refractivity contribution in [2.75, 3.05) is 0 Å². The average Bonchev–Trinajstić information content (AvgIpc) is 2.66. The molecule has 0 radical (unpaired) electrons. The summed E-state index contributed by atoms with van der Waals surface area (Å²) < 4.78 is 0. The third-order valence-corrected chi connectivity index (χ3v) is 5.32. The number of rotatable bonds is 8. The summed E-state index contributed by atoms with van der Waals surface area (Å²) in [5, 5.41) is 4.09. The lowest BCUT2D eigenvalue weighted by Gasteiger charge is -2.30. The number of carbonyl (C=O) groups excluding carboxylic acids is 2. The van der Waals surface area contributed by atoms with Gasteiger partial charge in [-0.2, -0.15) is 0 Å². The number of halogens is 2. The van der Waals surface area contributed by atoms with Gasteiger partial charge in [-0.1, -0.05) is 60.5 Å². The smallest absolute Gasteiger partial charge is 0.242 e. The first-order chi connectivity index (χ1) is 13.3. The average molecular weight is 421 g/mol. The number of amides is 2. The molecule has 0 aliphatic rings. The second-order valence-electron chi connectivity index (χ2n) is 6.91. The van der Waals surface area contributed by atoms with E-state index < -0.39 is 6.04 Å². The first-order valence-electron chi connectivity index (χ1n) is 9.39. The van der Waals surface area contributed by atoms with Crippen molar-refractivity contribution in [1.82, 2.24) is 10.2 Å². The predicted octanol–water partition coefficient (Wildman–Crippen LogP) is 4.87. The van der Waals surface area contributed by atoms with Gasteiger partial charge in [0.1, 0.15) is 6.04 Å². The minimum atomic E-state index is -0.628. The molecular formula is C22H26Cl2N2O2. The van der Waals surface area contributed by atoms with Gasteiger partial charge in [-0.05, 0) is 49.6 Å². The Morgan fingerprint density at radius 3 is 2.43 bits per heavy atom. The van der Waals surface area contributed by atoms with Crippen LogP contribution >= 0.6 is 23.2 Å². The van der Waals surface area contributed by atoms with Crippen LogP contribution in [0, 0.1) is 0 Å². The van der Waals surface area contributed by atoms with Crippen molar-refractivity contribution in [2.24, 2.45) is 0 Å². The Labute approximate surface area is 176 Å². The molecule has 28 heavy (non-hydrogen) atoms. The summed E-state index contributed by atoms with van der Waals surface area (Å²) in [6.07, 6.45) is 0.978. The molecule has 0 aliphatic heterocycles. The zero-order valence-electron chi connectivity index (χ0n) is 16.4. The molecule has 0 aliphatic carbocycles. The second kappa shape index (κ2) is 10.5. The van der Waals surface area contributed by atoms with Crippen LogP contribution in [-0.4, -0.2) is 28.8 Å². The van der Waals surface area contributed by atoms with E-state index in [0.717, 1.165) is 17.5 Å². The fourth-order valence-electron chi connectivity index (χ4n) is 2.78. The van der Waals surface area contributed by atoms with Gasteiger partial charge in [0.25, 0.3) is 0 Å². The molecule has 6 heteroatoms. The highest BCUT2D eigenvalue weighted by Crippen LogP contribution is 2.20. The molecule has 0 bridgehead atoms. The standard InChI is InChI=1S/C22H26Cl2N2O2/c1-4-15(2)25-22(28)16(3)26(14-18-9-5-6-11-20(18)24)21(27)13-17-8-7-10-19(23)12-17/h5-12,15-16H,4,13-14H2,1-3H3,(H,25,28)/t15-,16-/m0/s1. The Morgan fingerprint density at radius 2 is 1.79 bits per heavy atom. The Kier molecular flexibility index (Phi) is 8.34. The van der Waals surface area contributed by atoms with Crippen LogP contribution in [0.15, 0.2) is 48.5 Å². The van der Waals surface area contributed by atoms with Crippen molar-refractivity contribution < 1.29 is 9.59 Å². The Balaban J connectivity index is 2.25. The lowest BCUT2D eigenvalue weighted by atomic mass is 10.1. The maximum absolute atomic E-state index is 13.1. The van der Waals surface area contributed by atoms with E-state index in [9.17, 15) is 9.59 Å². The third kappa shape index (κ3) is 6.25. The topological polar surface area (TPSA) is 49.4 Å². The van der Waals surface area contributed by atoms with Crippen molar-refractivity contribution in [1.29, 1.82) is 0 Å². The summed E-state index contributed by atoms with van der Waals surface area (Å²) in [5.74, 6) is -0.338. The van der Waals surface area contributed by atoms with Gasteiger partial charge in [0.2, 0.25) is 11.8 Å². The number of nitrogens with one attached hydrogen (secondary N) is 1. The van der Waals surface area contributed by atoms with Crippen LogP contribution < -0.4 is 5.32 Å². The molecule has 2 amide bonds. The van der Waals surface area contributed by atoms with Gasteiger partial charge < -0.3 is 10.2 Å². The van der Waals surface area contributed by atoms with Gasteiger partial charge in [0.15, 0.2) is 0 Å². The second-order valence-corrected chi connectivity index (χ2v) is 7.76. The zero-order valence-corrected chi connectivity index (χ0v) is 17.9. The maximum Gasteiger partial charge on any atom is 0.242 e. The number of hydrogen-bond donors (Lipinski definition) is 1. The van der Waals surface area contributed by atoms with Crippen molar-refractivity contribution in [3.05, 3.63) is 69.7 Å². The van der Waals surface area contributed by atoms with Gasteiger partial charge >= 0.3 is 0 Å². The molecule has 0 saturated carbocycles. The lowest BCUT2D eigenvalue weighted by molar-refractivity contribution is -0.140. The van der Waals surface area contributed by atoms with Crippen LogP contribution in [-0.2, 0) is 22.6 Å². The Bertz CT molecular complexity index is 826. The maximum atomic E-state index is 13.1. The van der Waals surface area contributed by atoms with E-state index in [0.29, 0.717) is 10.0 Å². The fraction of sp³-hybridized carbons (Fsp3) is 0.364. The van der Waals surface area contributed by atoms with Crippen molar-refractivity contribution in [3.63, 3.8) is 0 Å². The fourth-order valence-corrected chi connectivity index (χ4v) is 3.19. The predicted molar refractivity (Wildman–Crippen MR) is 115 cm³/mol. The zero-order chi connectivity index (χ0) is 20.7. The molecule has 0 saturated heterocycles. The van der Waals surface area contributed by atoms with Crippen LogP contribution in [0.25, 0.3) is 0 Å². The minimum absolute atomic E-state index is 0.0418. The van der Waals surface area contributed by atoms with Crippen LogP contribution in [0.2, 0.25) is 10.0 Å². The highest BCUT2D eigenvalue weighted by molar-refractivity contribution is 6.31. The van der Waals surface area contributed by atoms with Gasteiger partial charge in [-0.3, -0.25) is 9.59 Å². The molecule has 2 aromatic carbocycles. The summed E-state index contributed by atoms with van der Waals surface area (Å²) in [6, 6.07) is 13.9. The molecule has 1 N–H and O–H groups in total. The quantitative estimate of drug-likeness (QED) is 0.661. The van der Waals surface area contributed by atoms with E-state index in [2.05, 4.69) is 5.32 Å². The summed E-state index contributed by atoms with van der Waals surface area (Å²) in [5.41, 5.74) is 1.60. The van der Waals surface area contributed by atoms with Crippen molar-refractivity contribution in [3.8, 4) is 0 Å². The Hall–Kier alpha value is -2.04. The summed E-state index contributed by atoms with van der Waals surface area (Å²) >= 11 is 12.3. The van der Waals surface area contributed by atoms with E-state index in [1.54, 1.807) is 30.0 Å². The SMILES string of the molecule is CC[C@H](C)NC(=O)[C@H](C)N(Cc1ccccc1Cl)C(=O)Cc1cccc(Cl)c1. The summed E-state index contributed by atoms with van der Waals surface area (Å²) in [7, 11) is 0. The number of hydrogen-bond acceptors (Lipinski definition) is 2. The molecule has 2 aromatic rings. The van der Waals surface area contributed by atoms with E-state index in [4.69, 9.17) is 23.2 Å². The van der Waals surface area contributed by atoms with Crippen LogP contribution in [0.4, 0.5) is 0 Å². The van der Waals surface area contributed by atoms with E-state index >= 15 is 0 Å². The summed E-state index contributed by atoms with van der Waals surface area (Å²) in [4.78, 5) is 27.4. The number of carbonyl (C=O) groups is 2. The molecule has 4 nitrogen and oxygen atoms in total. The van der Waals surface area contributed by atoms with Crippen LogP contribution in [0.1, 0.15) is 38.3 Å². The molecule has 0 aromatic heterocycles. The third-order valence-electron chi connectivity index (χ3n) is 4.71. The van der Waals surface area contributed by atoms with Crippen LogP contribution in [0.3, 0.4) is 0 Å². The first kappa shape index (κ1) is 22.3. The normalized spacial score (nSPS) is 12.9. The molecule has 0 fully saturated rings. The molecular weight excluding hydrogens is 395 g/mol. The van der Waals surface area contributed by atoms with Crippen LogP contribution in [0.5, 0.6) is 0 Å². The van der Waals surface area contributed by atoms with Gasteiger partial charge in [0, 0.05) is 22.6 Å². The molecule has 150 valence electrons. The van der Waals surface area contributed by atoms with Gasteiger partial charge in [0.05, 0.1) is 6.42 Å². The monoisotopic (exact) mass is 420 g/mol. The largest absolute Gasteiger partial charge is 0.352 e. The molecule has 2 atom stereocenters. The minimum Gasteiger partial charge on any atom is -0.352 e. The molecule has 0 spiro atoms. The van der Waals surface area contributed by atoms with E-state index in [1.165, 1.54) is 0 Å². The van der Waals surface area contributed by atoms with Gasteiger partial charge in [-0.25, -0.2) is 0 Å². The van der Waals surface area contributed by atoms with E-state index in [-0.39, 0.29) is 30.8 Å². The highest BCUT2D eigenvalue weighted by atomic mass is 35.5. The molecule has 2 rings (SSSR count). The Morgan fingerprint density at radius 1 is 1.07 bits per heavy atom. The van der Waals surface area contributed by atoms with Gasteiger partial charge in [-0.15, -0.1) is 0 Å². The first-order valence-corrected chi connectivity index (χ1v) is 10.1. The molecule has 0 unspecified atom stereocenters. The van der Waals surface area contributed by atoms with E-state index in [1.807, 2.05) is 44.2 Å². The molecule has 0 heterocycles. The van der Waals surface area contributed by atoms with Crippen molar-refractivity contribution >= 4 is 35.0 Å². The number of benzene rings is 2. The highest BCUT2D eigenvalue weighted by Gasteiger charge is 2.27.